The number of fused-ring (bicyclic) bond motifs is 1. The third kappa shape index (κ3) is 3.29. The number of rotatable bonds is 4. The highest BCUT2D eigenvalue weighted by atomic mass is 19.1. The van der Waals surface area contributed by atoms with Crippen LogP contribution in [0.1, 0.15) is 34.2 Å². The molecular weight excluding hydrogens is 357 g/mol. The van der Waals surface area contributed by atoms with Gasteiger partial charge in [0.15, 0.2) is 5.69 Å². The van der Waals surface area contributed by atoms with E-state index < -0.39 is 11.7 Å². The van der Waals surface area contributed by atoms with Crippen molar-refractivity contribution in [2.24, 2.45) is 0 Å². The molecule has 6 nitrogen and oxygen atoms in total. The molecule has 2 aromatic carbocycles. The molecule has 0 unspecified atom stereocenters. The van der Waals surface area contributed by atoms with Gasteiger partial charge in [-0.2, -0.15) is 0 Å². The molecule has 28 heavy (non-hydrogen) atoms. The van der Waals surface area contributed by atoms with Crippen LogP contribution >= 0.6 is 0 Å². The number of carbonyl (C=O) groups is 1. The van der Waals surface area contributed by atoms with Gasteiger partial charge >= 0.3 is 0 Å². The van der Waals surface area contributed by atoms with Crippen molar-refractivity contribution in [3.05, 3.63) is 70.8 Å². The highest BCUT2D eigenvalue weighted by Crippen LogP contribution is 2.26. The van der Waals surface area contributed by atoms with E-state index in [4.69, 9.17) is 0 Å². The number of aromatic nitrogens is 3. The Labute approximate surface area is 163 Å². The molecule has 1 N–H and O–H groups in total. The molecule has 1 aliphatic heterocycles. The van der Waals surface area contributed by atoms with Gasteiger partial charge in [0.1, 0.15) is 5.82 Å². The molecule has 2 heterocycles. The third-order valence-electron chi connectivity index (χ3n) is 5.23. The Morgan fingerprint density at radius 2 is 2.04 bits per heavy atom. The molecule has 1 aromatic heterocycles. The Balaban J connectivity index is 1.65. The van der Waals surface area contributed by atoms with Gasteiger partial charge in [0.2, 0.25) is 0 Å². The normalized spacial score (nSPS) is 14.0. The maximum absolute atomic E-state index is 13.8. The number of likely N-dealkylation sites (N-methyl/N-ethyl adjacent to an activating group) is 1. The number of nitrogens with one attached hydrogen (secondary N) is 1. The average molecular weight is 379 g/mol. The summed E-state index contributed by atoms with van der Waals surface area (Å²) in [7, 11) is 0. The second-order valence-electron chi connectivity index (χ2n) is 6.90. The minimum Gasteiger partial charge on any atom is -0.318 e. The summed E-state index contributed by atoms with van der Waals surface area (Å²) in [6.07, 6.45) is 0.926. The largest absolute Gasteiger partial charge is 0.318 e. The predicted octanol–water partition coefficient (Wildman–Crippen LogP) is 3.35. The number of nitrogens with zero attached hydrogens (tertiary/aromatic N) is 4. The van der Waals surface area contributed by atoms with Crippen molar-refractivity contribution in [3.8, 4) is 5.69 Å². The number of halogens is 1. The second kappa shape index (κ2) is 7.52. The van der Waals surface area contributed by atoms with Crippen molar-refractivity contribution in [3.63, 3.8) is 0 Å². The van der Waals surface area contributed by atoms with Crippen LogP contribution in [0.2, 0.25) is 0 Å². The van der Waals surface area contributed by atoms with Gasteiger partial charge in [-0.25, -0.2) is 9.07 Å². The Morgan fingerprint density at radius 3 is 2.82 bits per heavy atom. The Hall–Kier alpha value is -3.06. The monoisotopic (exact) mass is 379 g/mol. The molecule has 3 aromatic rings. The van der Waals surface area contributed by atoms with E-state index in [1.807, 2.05) is 12.1 Å². The fourth-order valence-electron chi connectivity index (χ4n) is 3.63. The Kier molecular flexibility index (Phi) is 4.92. The number of anilines is 1. The zero-order valence-electron chi connectivity index (χ0n) is 15.9. The predicted molar refractivity (Wildman–Crippen MR) is 105 cm³/mol. The number of hydrogen-bond acceptors (Lipinski definition) is 4. The molecule has 1 amide bonds. The van der Waals surface area contributed by atoms with E-state index in [-0.39, 0.29) is 11.4 Å². The van der Waals surface area contributed by atoms with Crippen LogP contribution in [-0.2, 0) is 13.0 Å². The molecule has 0 saturated carbocycles. The van der Waals surface area contributed by atoms with E-state index in [9.17, 15) is 9.18 Å². The second-order valence-corrected chi connectivity index (χ2v) is 6.90. The van der Waals surface area contributed by atoms with Crippen molar-refractivity contribution in [2.75, 3.05) is 18.4 Å². The van der Waals surface area contributed by atoms with Crippen LogP contribution < -0.4 is 5.32 Å². The van der Waals surface area contributed by atoms with Crippen molar-refractivity contribution in [1.29, 1.82) is 0 Å². The summed E-state index contributed by atoms with van der Waals surface area (Å²) in [6, 6.07) is 12.2. The molecule has 0 bridgehead atoms. The van der Waals surface area contributed by atoms with Crippen LogP contribution in [-0.4, -0.2) is 38.9 Å². The number of benzene rings is 2. The van der Waals surface area contributed by atoms with Gasteiger partial charge in [0, 0.05) is 13.1 Å². The van der Waals surface area contributed by atoms with E-state index >= 15 is 0 Å². The summed E-state index contributed by atoms with van der Waals surface area (Å²) in [5, 5.41) is 10.9. The summed E-state index contributed by atoms with van der Waals surface area (Å²) >= 11 is 0. The van der Waals surface area contributed by atoms with Gasteiger partial charge in [0.05, 0.1) is 17.1 Å². The van der Waals surface area contributed by atoms with E-state index in [0.29, 0.717) is 5.69 Å². The summed E-state index contributed by atoms with van der Waals surface area (Å²) in [6.45, 7) is 6.89. The van der Waals surface area contributed by atoms with E-state index in [2.05, 4.69) is 33.5 Å². The number of amides is 1. The summed E-state index contributed by atoms with van der Waals surface area (Å²) in [4.78, 5) is 15.0. The summed E-state index contributed by atoms with van der Waals surface area (Å²) in [5.41, 5.74) is 4.40. The summed E-state index contributed by atoms with van der Waals surface area (Å²) < 4.78 is 15.5. The van der Waals surface area contributed by atoms with Gasteiger partial charge in [-0.05, 0) is 49.2 Å². The fraction of sp³-hybridized carbons (Fsp3) is 0.286. The van der Waals surface area contributed by atoms with Crippen LogP contribution in [0.3, 0.4) is 0 Å². The first-order valence-corrected chi connectivity index (χ1v) is 9.40. The Morgan fingerprint density at radius 1 is 1.21 bits per heavy atom. The molecule has 1 aliphatic rings. The molecule has 144 valence electrons. The van der Waals surface area contributed by atoms with Crippen LogP contribution in [0, 0.1) is 12.7 Å². The summed E-state index contributed by atoms with van der Waals surface area (Å²) in [5.74, 6) is -0.964. The third-order valence-corrected chi connectivity index (χ3v) is 5.23. The van der Waals surface area contributed by atoms with Gasteiger partial charge in [0.25, 0.3) is 5.91 Å². The molecule has 0 saturated heterocycles. The quantitative estimate of drug-likeness (QED) is 0.755. The van der Waals surface area contributed by atoms with Crippen LogP contribution in [0.4, 0.5) is 10.1 Å². The van der Waals surface area contributed by atoms with Crippen molar-refractivity contribution in [2.45, 2.75) is 26.8 Å². The van der Waals surface area contributed by atoms with Gasteiger partial charge in [-0.1, -0.05) is 36.4 Å². The van der Waals surface area contributed by atoms with Gasteiger partial charge < -0.3 is 5.32 Å². The van der Waals surface area contributed by atoms with E-state index in [0.717, 1.165) is 31.7 Å². The van der Waals surface area contributed by atoms with Gasteiger partial charge in [-0.15, -0.1) is 5.10 Å². The average Bonchev–Trinajstić information content (AvgIpc) is 3.10. The molecular formula is C21H22FN5O. The first-order chi connectivity index (χ1) is 13.6. The lowest BCUT2D eigenvalue weighted by atomic mass is 9.97. The van der Waals surface area contributed by atoms with Crippen LogP contribution in [0.5, 0.6) is 0 Å². The van der Waals surface area contributed by atoms with Crippen molar-refractivity contribution >= 4 is 11.6 Å². The Bertz CT molecular complexity index is 1030. The maximum Gasteiger partial charge on any atom is 0.278 e. The van der Waals surface area contributed by atoms with Crippen molar-refractivity contribution < 1.29 is 9.18 Å². The molecule has 0 aliphatic carbocycles. The molecule has 7 heteroatoms. The zero-order chi connectivity index (χ0) is 19.7. The lowest BCUT2D eigenvalue weighted by Crippen LogP contribution is -2.31. The zero-order valence-corrected chi connectivity index (χ0v) is 15.9. The lowest BCUT2D eigenvalue weighted by molar-refractivity contribution is 0.102. The van der Waals surface area contributed by atoms with Gasteiger partial charge in [-0.3, -0.25) is 9.69 Å². The first-order valence-electron chi connectivity index (χ1n) is 9.40. The van der Waals surface area contributed by atoms with Crippen molar-refractivity contribution in [1.82, 2.24) is 19.9 Å². The van der Waals surface area contributed by atoms with Crippen LogP contribution in [0.15, 0.2) is 42.5 Å². The number of hydrogen-bond donors (Lipinski definition) is 1. The first kappa shape index (κ1) is 18.3. The smallest absolute Gasteiger partial charge is 0.278 e. The van der Waals surface area contributed by atoms with Crippen LogP contribution in [0.25, 0.3) is 5.69 Å². The highest BCUT2D eigenvalue weighted by Gasteiger charge is 2.23. The SMILES string of the molecule is CCN1CCc2c(cccc2-n2nnc(C(=O)Nc3ccccc3F)c2C)C1. The molecule has 0 atom stereocenters. The highest BCUT2D eigenvalue weighted by molar-refractivity contribution is 6.03. The molecule has 4 rings (SSSR count). The van der Waals surface area contributed by atoms with E-state index in [1.54, 1.807) is 23.7 Å². The standard InChI is InChI=1S/C21H22FN5O/c1-3-26-12-11-16-15(13-26)7-6-10-19(16)27-14(2)20(24-25-27)21(28)23-18-9-5-4-8-17(18)22/h4-10H,3,11-13H2,1-2H3,(H,23,28). The minimum atomic E-state index is -0.487. The maximum atomic E-state index is 13.8. The number of para-hydroxylation sites is 1. The number of carbonyl (C=O) groups excluding carboxylic acids is 1. The fourth-order valence-corrected chi connectivity index (χ4v) is 3.63. The molecule has 0 radical (unpaired) electrons. The lowest BCUT2D eigenvalue weighted by Gasteiger charge is -2.29. The minimum absolute atomic E-state index is 0.123. The molecule has 0 fully saturated rings. The molecule has 0 spiro atoms. The van der Waals surface area contributed by atoms with E-state index in [1.165, 1.54) is 23.3 Å². The topological polar surface area (TPSA) is 63.1 Å².